The number of fused-ring (bicyclic) bond motifs is 1. The summed E-state index contributed by atoms with van der Waals surface area (Å²) < 4.78 is 0. The van der Waals surface area contributed by atoms with E-state index < -0.39 is 36.1 Å². The van der Waals surface area contributed by atoms with Crippen molar-refractivity contribution in [1.29, 1.82) is 0 Å². The van der Waals surface area contributed by atoms with E-state index >= 15 is 0 Å². The predicted octanol–water partition coefficient (Wildman–Crippen LogP) is 1.97. The third-order valence-corrected chi connectivity index (χ3v) is 7.03. The van der Waals surface area contributed by atoms with E-state index in [4.69, 9.17) is 29.6 Å². The van der Waals surface area contributed by atoms with E-state index in [-0.39, 0.29) is 6.42 Å². The monoisotopic (exact) mass is 437 g/mol. The zero-order valence-electron chi connectivity index (χ0n) is 14.8. The maximum atomic E-state index is 12.2. The summed E-state index contributed by atoms with van der Waals surface area (Å²) in [6.07, 6.45) is -2.00. The fraction of sp³-hybridized carbons (Fsp3) is 0.368. The van der Waals surface area contributed by atoms with E-state index in [0.717, 1.165) is 10.6 Å². The van der Waals surface area contributed by atoms with Gasteiger partial charge in [-0.05, 0) is 54.4 Å². The Bertz CT molecular complexity index is 877. The first-order valence-electron chi connectivity index (χ1n) is 8.91. The molecule has 2 aromatic rings. The van der Waals surface area contributed by atoms with E-state index in [1.807, 2.05) is 39.4 Å². The second kappa shape index (κ2) is 7.61. The van der Waals surface area contributed by atoms with Crippen LogP contribution in [-0.2, 0) is 11.3 Å². The van der Waals surface area contributed by atoms with E-state index in [1.165, 1.54) is 0 Å². The van der Waals surface area contributed by atoms with Crippen LogP contribution in [0.5, 0.6) is 0 Å². The van der Waals surface area contributed by atoms with Gasteiger partial charge in [-0.15, -0.1) is 11.3 Å². The number of thiocarbonyl (C=S) groups is 1. The molecule has 2 heterocycles. The van der Waals surface area contributed by atoms with Crippen molar-refractivity contribution in [2.24, 2.45) is 11.7 Å². The van der Waals surface area contributed by atoms with Gasteiger partial charge in [0.1, 0.15) is 6.10 Å². The summed E-state index contributed by atoms with van der Waals surface area (Å²) in [6.45, 7) is 0.483. The van der Waals surface area contributed by atoms with Crippen LogP contribution in [0.4, 0.5) is 5.69 Å². The van der Waals surface area contributed by atoms with Crippen LogP contribution in [0.25, 0.3) is 0 Å². The Balaban J connectivity index is 1.79. The van der Waals surface area contributed by atoms with Crippen LogP contribution in [0, 0.1) is 5.92 Å². The molecule has 2 fully saturated rings. The number of halogens is 1. The number of rotatable bonds is 4. The number of primary amides is 1. The maximum Gasteiger partial charge on any atom is 0.222 e. The Kier molecular flexibility index (Phi) is 5.32. The van der Waals surface area contributed by atoms with Crippen LogP contribution in [0.15, 0.2) is 41.8 Å². The lowest BCUT2D eigenvalue weighted by Crippen LogP contribution is -2.60. The van der Waals surface area contributed by atoms with Gasteiger partial charge < -0.3 is 25.7 Å². The second-order valence-electron chi connectivity index (χ2n) is 7.12. The molecule has 28 heavy (non-hydrogen) atoms. The summed E-state index contributed by atoms with van der Waals surface area (Å²) in [5.74, 6) is -1.16. The quantitative estimate of drug-likeness (QED) is 0.633. The lowest BCUT2D eigenvalue weighted by Gasteiger charge is -2.42. The van der Waals surface area contributed by atoms with Crippen molar-refractivity contribution in [3.8, 4) is 0 Å². The van der Waals surface area contributed by atoms with E-state index in [1.54, 1.807) is 23.5 Å². The maximum absolute atomic E-state index is 12.2. The second-order valence-corrected chi connectivity index (χ2v) is 8.95. The SMILES string of the molecule is NC(=O)C1CC(O)C(O)C2C1N(c1ccc(Cl)cc1)C(=S)N2Cc1cccs1. The van der Waals surface area contributed by atoms with Gasteiger partial charge in [0, 0.05) is 15.6 Å². The van der Waals surface area contributed by atoms with Gasteiger partial charge in [-0.25, -0.2) is 0 Å². The molecule has 1 aromatic carbocycles. The van der Waals surface area contributed by atoms with E-state index in [0.29, 0.717) is 16.7 Å². The Hall–Kier alpha value is -1.71. The predicted molar refractivity (Wildman–Crippen MR) is 113 cm³/mol. The minimum absolute atomic E-state index is 0.0945. The summed E-state index contributed by atoms with van der Waals surface area (Å²) in [4.78, 5) is 17.1. The zero-order valence-corrected chi connectivity index (χ0v) is 17.2. The highest BCUT2D eigenvalue weighted by Gasteiger charge is 2.56. The Morgan fingerprint density at radius 2 is 1.96 bits per heavy atom. The summed E-state index contributed by atoms with van der Waals surface area (Å²) in [5.41, 5.74) is 6.45. The highest BCUT2D eigenvalue weighted by molar-refractivity contribution is 7.80. The molecule has 0 spiro atoms. The fourth-order valence-electron chi connectivity index (χ4n) is 4.21. The first-order valence-corrected chi connectivity index (χ1v) is 10.6. The molecule has 0 bridgehead atoms. The lowest BCUT2D eigenvalue weighted by atomic mass is 9.77. The molecule has 1 saturated heterocycles. The molecular weight excluding hydrogens is 418 g/mol. The number of thiophene rings is 1. The first kappa shape index (κ1) is 19.6. The molecule has 2 aliphatic rings. The van der Waals surface area contributed by atoms with Gasteiger partial charge in [-0.2, -0.15) is 0 Å². The number of anilines is 1. The minimum Gasteiger partial charge on any atom is -0.390 e. The van der Waals surface area contributed by atoms with Crippen LogP contribution >= 0.6 is 35.2 Å². The zero-order chi connectivity index (χ0) is 20.0. The lowest BCUT2D eigenvalue weighted by molar-refractivity contribution is -0.129. The highest BCUT2D eigenvalue weighted by Crippen LogP contribution is 2.41. The third kappa shape index (κ3) is 3.29. The molecule has 1 saturated carbocycles. The number of aliphatic hydroxyl groups excluding tert-OH is 2. The standard InChI is InChI=1S/C19H20ClN3O3S2/c20-10-3-5-11(6-4-10)23-15-13(18(21)26)8-14(24)17(25)16(15)22(19(23)27)9-12-2-1-7-28-12/h1-7,13-17,24-25H,8-9H2,(H2,21,26). The van der Waals surface area contributed by atoms with Gasteiger partial charge in [0.05, 0.1) is 30.7 Å². The fourth-order valence-corrected chi connectivity index (χ4v) is 5.46. The molecule has 6 nitrogen and oxygen atoms in total. The largest absolute Gasteiger partial charge is 0.390 e. The summed E-state index contributed by atoms with van der Waals surface area (Å²) in [5, 5.41) is 24.3. The number of carbonyl (C=O) groups is 1. The van der Waals surface area contributed by atoms with E-state index in [2.05, 4.69) is 0 Å². The molecule has 4 rings (SSSR count). The number of nitrogens with two attached hydrogens (primary N) is 1. The van der Waals surface area contributed by atoms with Crippen molar-refractivity contribution in [2.45, 2.75) is 37.3 Å². The average molecular weight is 438 g/mol. The van der Waals surface area contributed by atoms with E-state index in [9.17, 15) is 15.0 Å². The topological polar surface area (TPSA) is 90.0 Å². The Morgan fingerprint density at radius 1 is 1.25 bits per heavy atom. The first-order chi connectivity index (χ1) is 13.4. The number of hydrogen-bond donors (Lipinski definition) is 3. The van der Waals surface area contributed by atoms with Crippen molar-refractivity contribution in [2.75, 3.05) is 4.90 Å². The number of carbonyl (C=O) groups excluding carboxylic acids is 1. The van der Waals surface area contributed by atoms with Crippen molar-refractivity contribution in [1.82, 2.24) is 4.90 Å². The molecule has 1 aliphatic carbocycles. The van der Waals surface area contributed by atoms with Crippen LogP contribution in [0.3, 0.4) is 0 Å². The van der Waals surface area contributed by atoms with Gasteiger partial charge >= 0.3 is 0 Å². The average Bonchev–Trinajstić information content (AvgIpc) is 3.26. The molecule has 1 aromatic heterocycles. The molecule has 5 unspecified atom stereocenters. The molecule has 1 aliphatic heterocycles. The highest BCUT2D eigenvalue weighted by atomic mass is 35.5. The molecular formula is C19H20ClN3O3S2. The van der Waals surface area contributed by atoms with Crippen LogP contribution in [0.2, 0.25) is 5.02 Å². The van der Waals surface area contributed by atoms with Crippen molar-refractivity contribution in [3.05, 3.63) is 51.7 Å². The number of aliphatic hydroxyl groups is 2. The Morgan fingerprint density at radius 3 is 2.57 bits per heavy atom. The summed E-state index contributed by atoms with van der Waals surface area (Å²) in [6, 6.07) is 10.1. The van der Waals surface area contributed by atoms with Gasteiger partial charge in [0.15, 0.2) is 5.11 Å². The molecule has 148 valence electrons. The smallest absolute Gasteiger partial charge is 0.222 e. The molecule has 0 radical (unpaired) electrons. The number of amides is 1. The van der Waals surface area contributed by atoms with Gasteiger partial charge in [0.2, 0.25) is 5.91 Å². The third-order valence-electron chi connectivity index (χ3n) is 5.49. The van der Waals surface area contributed by atoms with Gasteiger partial charge in [-0.1, -0.05) is 17.7 Å². The van der Waals surface area contributed by atoms with Crippen LogP contribution < -0.4 is 10.6 Å². The normalized spacial score (nSPS) is 29.8. The molecule has 4 N–H and O–H groups in total. The summed E-state index contributed by atoms with van der Waals surface area (Å²) >= 11 is 13.4. The van der Waals surface area contributed by atoms with Crippen LogP contribution in [-0.4, -0.2) is 50.4 Å². The number of nitrogens with zero attached hydrogens (tertiary/aromatic N) is 2. The number of benzene rings is 1. The van der Waals surface area contributed by atoms with Crippen molar-refractivity contribution in [3.63, 3.8) is 0 Å². The minimum atomic E-state index is -1.05. The Labute approximate surface area is 177 Å². The van der Waals surface area contributed by atoms with Crippen LogP contribution in [0.1, 0.15) is 11.3 Å². The molecule has 9 heteroatoms. The molecule has 1 amide bonds. The number of hydrogen-bond acceptors (Lipinski definition) is 5. The van der Waals surface area contributed by atoms with Crippen molar-refractivity contribution >= 4 is 51.9 Å². The van der Waals surface area contributed by atoms with Gasteiger partial charge in [0.25, 0.3) is 0 Å². The van der Waals surface area contributed by atoms with Gasteiger partial charge in [-0.3, -0.25) is 4.79 Å². The summed E-state index contributed by atoms with van der Waals surface area (Å²) in [7, 11) is 0. The van der Waals surface area contributed by atoms with Crippen molar-refractivity contribution < 1.29 is 15.0 Å². The molecule has 5 atom stereocenters.